The van der Waals surface area contributed by atoms with E-state index in [4.69, 9.17) is 0 Å². The van der Waals surface area contributed by atoms with Crippen LogP contribution in [0, 0.1) is 0 Å². The van der Waals surface area contributed by atoms with Gasteiger partial charge in [0.15, 0.2) is 0 Å². The second-order valence-corrected chi connectivity index (χ2v) is 11.3. The highest BCUT2D eigenvalue weighted by Gasteiger charge is 2.35. The minimum atomic E-state index is 0.0373. The Morgan fingerprint density at radius 2 is 0.846 bits per heavy atom. The molecule has 1 aliphatic rings. The highest BCUT2D eigenvalue weighted by molar-refractivity contribution is 6.28. The zero-order valence-electron chi connectivity index (χ0n) is 22.2. The van der Waals surface area contributed by atoms with Crippen LogP contribution in [0.15, 0.2) is 133 Å². The van der Waals surface area contributed by atoms with Crippen LogP contribution in [0.2, 0.25) is 0 Å². The molecule has 1 aliphatic carbocycles. The van der Waals surface area contributed by atoms with Gasteiger partial charge in [-0.3, -0.25) is 0 Å². The van der Waals surface area contributed by atoms with Crippen molar-refractivity contribution >= 4 is 32.3 Å². The Hall–Kier alpha value is -4.68. The normalized spacial score (nSPS) is 13.6. The van der Waals surface area contributed by atoms with E-state index < -0.39 is 0 Å². The topological polar surface area (TPSA) is 0 Å². The van der Waals surface area contributed by atoms with Gasteiger partial charge in [0, 0.05) is 5.41 Å². The molecule has 39 heavy (non-hydrogen) atoms. The van der Waals surface area contributed by atoms with Crippen LogP contribution in [0.3, 0.4) is 0 Å². The standard InChI is InChI=1S/C39H28/c1-39(2)36-17-8-7-13-32(36)35-24-27(22-23-37(35)39)25-18-20-26(21-19-25)28-15-9-16-34-31-11-4-3-10-29(31)30-12-5-6-14-33(30)38(28)34/h3-24H,1-2H3. The van der Waals surface area contributed by atoms with Crippen LogP contribution in [-0.2, 0) is 5.41 Å². The molecule has 0 heterocycles. The first-order valence-electron chi connectivity index (χ1n) is 13.8. The number of hydrogen-bond acceptors (Lipinski definition) is 0. The fourth-order valence-electron chi connectivity index (χ4n) is 6.94. The van der Waals surface area contributed by atoms with Gasteiger partial charge in [0.2, 0.25) is 0 Å². The number of fused-ring (bicyclic) bond motifs is 9. The van der Waals surface area contributed by atoms with Gasteiger partial charge in [-0.05, 0) is 82.9 Å². The van der Waals surface area contributed by atoms with Gasteiger partial charge in [-0.2, -0.15) is 0 Å². The van der Waals surface area contributed by atoms with Crippen LogP contribution in [-0.4, -0.2) is 0 Å². The molecule has 7 aromatic carbocycles. The predicted octanol–water partition coefficient (Wildman–Crippen LogP) is 10.8. The summed E-state index contributed by atoms with van der Waals surface area (Å²) in [5.74, 6) is 0. The quantitative estimate of drug-likeness (QED) is 0.209. The van der Waals surface area contributed by atoms with E-state index in [1.54, 1.807) is 0 Å². The van der Waals surface area contributed by atoms with Crippen molar-refractivity contribution in [1.29, 1.82) is 0 Å². The SMILES string of the molecule is CC1(C)c2ccccc2-c2cc(-c3ccc(-c4cccc5c6ccccc6c6ccccc6c45)cc3)ccc21. The number of hydrogen-bond donors (Lipinski definition) is 0. The van der Waals surface area contributed by atoms with Crippen LogP contribution >= 0.6 is 0 Å². The highest BCUT2D eigenvalue weighted by atomic mass is 14.4. The van der Waals surface area contributed by atoms with Gasteiger partial charge in [0.25, 0.3) is 0 Å². The summed E-state index contributed by atoms with van der Waals surface area (Å²) in [6.07, 6.45) is 0. The van der Waals surface area contributed by atoms with Crippen molar-refractivity contribution in [1.82, 2.24) is 0 Å². The molecule has 0 saturated carbocycles. The molecule has 0 bridgehead atoms. The van der Waals surface area contributed by atoms with Crippen molar-refractivity contribution in [2.24, 2.45) is 0 Å². The zero-order chi connectivity index (χ0) is 26.1. The molecular weight excluding hydrogens is 468 g/mol. The summed E-state index contributed by atoms with van der Waals surface area (Å²) < 4.78 is 0. The first kappa shape index (κ1) is 22.3. The zero-order valence-corrected chi connectivity index (χ0v) is 22.2. The molecule has 0 unspecified atom stereocenters. The summed E-state index contributed by atoms with van der Waals surface area (Å²) in [4.78, 5) is 0. The minimum Gasteiger partial charge on any atom is -0.0619 e. The van der Waals surface area contributed by atoms with Crippen LogP contribution in [0.1, 0.15) is 25.0 Å². The summed E-state index contributed by atoms with van der Waals surface area (Å²) in [6, 6.07) is 49.4. The van der Waals surface area contributed by atoms with Crippen molar-refractivity contribution in [3.63, 3.8) is 0 Å². The maximum absolute atomic E-state index is 2.38. The molecule has 0 aliphatic heterocycles. The average Bonchev–Trinajstić information content (AvgIpc) is 3.23. The lowest BCUT2D eigenvalue weighted by Gasteiger charge is -2.21. The van der Waals surface area contributed by atoms with Crippen molar-refractivity contribution in [2.45, 2.75) is 19.3 Å². The monoisotopic (exact) mass is 496 g/mol. The van der Waals surface area contributed by atoms with Gasteiger partial charge in [0.1, 0.15) is 0 Å². The third-order valence-corrected chi connectivity index (χ3v) is 8.88. The molecule has 0 nitrogen and oxygen atoms in total. The van der Waals surface area contributed by atoms with Crippen LogP contribution in [0.4, 0.5) is 0 Å². The number of rotatable bonds is 2. The summed E-state index contributed by atoms with van der Waals surface area (Å²) in [7, 11) is 0. The smallest absolute Gasteiger partial charge is 0.0158 e. The van der Waals surface area contributed by atoms with E-state index in [0.29, 0.717) is 0 Å². The maximum atomic E-state index is 2.38. The first-order chi connectivity index (χ1) is 19.1. The molecule has 0 N–H and O–H groups in total. The third-order valence-electron chi connectivity index (χ3n) is 8.88. The fourth-order valence-corrected chi connectivity index (χ4v) is 6.94. The van der Waals surface area contributed by atoms with E-state index in [9.17, 15) is 0 Å². The molecular formula is C39H28. The van der Waals surface area contributed by atoms with E-state index in [1.807, 2.05) is 0 Å². The Labute approximate surface area is 229 Å². The van der Waals surface area contributed by atoms with E-state index in [1.165, 1.54) is 76.8 Å². The lowest BCUT2D eigenvalue weighted by molar-refractivity contribution is 0.660. The Kier molecular flexibility index (Phi) is 4.67. The van der Waals surface area contributed by atoms with Crippen LogP contribution < -0.4 is 0 Å². The van der Waals surface area contributed by atoms with E-state index in [-0.39, 0.29) is 5.41 Å². The molecule has 8 rings (SSSR count). The molecule has 7 aromatic rings. The Bertz CT molecular complexity index is 2030. The molecule has 0 saturated heterocycles. The largest absolute Gasteiger partial charge is 0.0619 e. The van der Waals surface area contributed by atoms with Gasteiger partial charge >= 0.3 is 0 Å². The van der Waals surface area contributed by atoms with Gasteiger partial charge in [-0.25, -0.2) is 0 Å². The molecule has 0 aromatic heterocycles. The lowest BCUT2D eigenvalue weighted by atomic mass is 9.82. The minimum absolute atomic E-state index is 0.0373. The summed E-state index contributed by atoms with van der Waals surface area (Å²) in [5, 5.41) is 7.89. The van der Waals surface area contributed by atoms with Crippen molar-refractivity contribution in [2.75, 3.05) is 0 Å². The van der Waals surface area contributed by atoms with Crippen molar-refractivity contribution < 1.29 is 0 Å². The lowest BCUT2D eigenvalue weighted by Crippen LogP contribution is -2.14. The highest BCUT2D eigenvalue weighted by Crippen LogP contribution is 2.49. The molecule has 0 amide bonds. The van der Waals surface area contributed by atoms with Crippen LogP contribution in [0.5, 0.6) is 0 Å². The van der Waals surface area contributed by atoms with Crippen LogP contribution in [0.25, 0.3) is 65.7 Å². The Morgan fingerprint density at radius 3 is 1.56 bits per heavy atom. The third kappa shape index (κ3) is 3.18. The van der Waals surface area contributed by atoms with Crippen molar-refractivity contribution in [3.8, 4) is 33.4 Å². The number of benzene rings is 7. The fraction of sp³-hybridized carbons (Fsp3) is 0.0769. The Balaban J connectivity index is 1.28. The molecule has 0 atom stereocenters. The summed E-state index contributed by atoms with van der Waals surface area (Å²) >= 11 is 0. The van der Waals surface area contributed by atoms with Gasteiger partial charge in [-0.15, -0.1) is 0 Å². The Morgan fingerprint density at radius 1 is 0.359 bits per heavy atom. The van der Waals surface area contributed by atoms with Gasteiger partial charge < -0.3 is 0 Å². The molecule has 0 radical (unpaired) electrons. The molecule has 184 valence electrons. The predicted molar refractivity (Wildman–Crippen MR) is 167 cm³/mol. The van der Waals surface area contributed by atoms with E-state index in [2.05, 4.69) is 147 Å². The molecule has 0 heteroatoms. The summed E-state index contributed by atoms with van der Waals surface area (Å²) in [5.41, 5.74) is 10.7. The van der Waals surface area contributed by atoms with E-state index >= 15 is 0 Å². The first-order valence-corrected chi connectivity index (χ1v) is 13.8. The average molecular weight is 497 g/mol. The maximum Gasteiger partial charge on any atom is 0.0158 e. The van der Waals surface area contributed by atoms with Crippen molar-refractivity contribution in [3.05, 3.63) is 145 Å². The summed E-state index contributed by atoms with van der Waals surface area (Å²) in [6.45, 7) is 4.67. The second-order valence-electron chi connectivity index (χ2n) is 11.3. The van der Waals surface area contributed by atoms with Gasteiger partial charge in [0.05, 0.1) is 0 Å². The molecule has 0 spiro atoms. The van der Waals surface area contributed by atoms with Gasteiger partial charge in [-0.1, -0.05) is 141 Å². The second kappa shape index (κ2) is 8.16. The van der Waals surface area contributed by atoms with E-state index in [0.717, 1.165) is 0 Å². The molecule has 0 fully saturated rings.